The van der Waals surface area contributed by atoms with Crippen LogP contribution in [0.25, 0.3) is 11.0 Å². The molecule has 1 aliphatic heterocycles. The molecule has 1 aromatic heterocycles. The van der Waals surface area contributed by atoms with Crippen molar-refractivity contribution in [2.45, 2.75) is 18.2 Å². The van der Waals surface area contributed by atoms with E-state index in [-0.39, 0.29) is 11.8 Å². The van der Waals surface area contributed by atoms with Crippen molar-refractivity contribution in [3.8, 4) is 0 Å². The molecule has 146 valence electrons. The number of para-hydroxylation sites is 1. The van der Waals surface area contributed by atoms with E-state index < -0.39 is 10.0 Å². The van der Waals surface area contributed by atoms with Gasteiger partial charge in [-0.05, 0) is 35.2 Å². The van der Waals surface area contributed by atoms with Crippen LogP contribution in [0.2, 0.25) is 0 Å². The van der Waals surface area contributed by atoms with Crippen molar-refractivity contribution in [1.29, 1.82) is 0 Å². The summed E-state index contributed by atoms with van der Waals surface area (Å²) in [7, 11) is -3.63. The molecule has 0 amide bonds. The number of aromatic nitrogens is 1. The number of hydrogen-bond acceptors (Lipinski definition) is 4. The van der Waals surface area contributed by atoms with Gasteiger partial charge in [0, 0.05) is 11.9 Å². The third kappa shape index (κ3) is 3.24. The van der Waals surface area contributed by atoms with Crippen molar-refractivity contribution in [3.63, 3.8) is 0 Å². The Labute approximate surface area is 169 Å². The molecule has 3 aromatic carbocycles. The van der Waals surface area contributed by atoms with E-state index >= 15 is 0 Å². The van der Waals surface area contributed by atoms with E-state index in [4.69, 9.17) is 4.52 Å². The molecule has 1 aliphatic rings. The fraction of sp³-hybridized carbons (Fsp3) is 0.174. The molecule has 0 N–H and O–H groups in total. The average molecular weight is 404 g/mol. The number of rotatable bonds is 4. The summed E-state index contributed by atoms with van der Waals surface area (Å²) in [4.78, 5) is 0. The summed E-state index contributed by atoms with van der Waals surface area (Å²) in [5, 5.41) is 4.78. The van der Waals surface area contributed by atoms with E-state index in [1.807, 2.05) is 66.7 Å². The van der Waals surface area contributed by atoms with Gasteiger partial charge in [-0.2, -0.15) is 4.31 Å². The van der Waals surface area contributed by atoms with Crippen LogP contribution in [0.1, 0.15) is 28.4 Å². The monoisotopic (exact) mass is 404 g/mol. The molecule has 0 aliphatic carbocycles. The van der Waals surface area contributed by atoms with Crippen LogP contribution in [-0.4, -0.2) is 24.4 Å². The summed E-state index contributed by atoms with van der Waals surface area (Å²) in [5.74, 6) is -0.185. The molecule has 0 bridgehead atoms. The van der Waals surface area contributed by atoms with Gasteiger partial charge in [-0.3, -0.25) is 0 Å². The predicted molar refractivity (Wildman–Crippen MR) is 112 cm³/mol. The van der Waals surface area contributed by atoms with E-state index in [1.54, 1.807) is 10.4 Å². The van der Waals surface area contributed by atoms with E-state index in [1.165, 1.54) is 5.56 Å². The Bertz CT molecular complexity index is 1270. The number of hydrogen-bond donors (Lipinski definition) is 0. The van der Waals surface area contributed by atoms with Gasteiger partial charge in [0.2, 0.25) is 10.0 Å². The molecule has 2 heterocycles. The molecule has 29 heavy (non-hydrogen) atoms. The highest BCUT2D eigenvalue weighted by atomic mass is 32.2. The van der Waals surface area contributed by atoms with Crippen molar-refractivity contribution < 1.29 is 12.9 Å². The van der Waals surface area contributed by atoms with Gasteiger partial charge < -0.3 is 4.52 Å². The van der Waals surface area contributed by atoms with Crippen molar-refractivity contribution in [2.75, 3.05) is 6.54 Å². The fourth-order valence-electron chi connectivity index (χ4n) is 4.12. The lowest BCUT2D eigenvalue weighted by atomic mass is 9.90. The highest BCUT2D eigenvalue weighted by molar-refractivity contribution is 7.88. The zero-order valence-electron chi connectivity index (χ0n) is 15.7. The second-order valence-corrected chi connectivity index (χ2v) is 9.18. The summed E-state index contributed by atoms with van der Waals surface area (Å²) in [5.41, 5.74) is 4.25. The summed E-state index contributed by atoms with van der Waals surface area (Å²) >= 11 is 0. The first kappa shape index (κ1) is 18.1. The van der Waals surface area contributed by atoms with Crippen LogP contribution in [0.4, 0.5) is 0 Å². The highest BCUT2D eigenvalue weighted by Gasteiger charge is 2.37. The summed E-state index contributed by atoms with van der Waals surface area (Å²) in [6.07, 6.45) is 0.693. The lowest BCUT2D eigenvalue weighted by molar-refractivity contribution is 0.343. The number of sulfonamides is 1. The van der Waals surface area contributed by atoms with E-state index in [9.17, 15) is 8.42 Å². The van der Waals surface area contributed by atoms with Crippen LogP contribution in [0.15, 0.2) is 83.4 Å². The second kappa shape index (κ2) is 7.13. The fourth-order valence-corrected chi connectivity index (χ4v) is 5.77. The molecule has 0 unspecified atom stereocenters. The third-order valence-electron chi connectivity index (χ3n) is 5.48. The number of benzene rings is 3. The Balaban J connectivity index is 1.58. The first-order chi connectivity index (χ1) is 14.1. The van der Waals surface area contributed by atoms with E-state index in [2.05, 4.69) is 11.2 Å². The maximum atomic E-state index is 13.5. The molecular formula is C23H20N2O3S. The van der Waals surface area contributed by atoms with Gasteiger partial charge in [-0.25, -0.2) is 8.42 Å². The van der Waals surface area contributed by atoms with Gasteiger partial charge in [-0.15, -0.1) is 0 Å². The SMILES string of the molecule is O=S(=O)(Cc1noc2ccccc12)N1CCc2ccccc2[C@@H]1c1ccccc1. The van der Waals surface area contributed by atoms with Crippen LogP contribution in [-0.2, 0) is 22.2 Å². The lowest BCUT2D eigenvalue weighted by Gasteiger charge is -2.36. The first-order valence-electron chi connectivity index (χ1n) is 9.59. The van der Waals surface area contributed by atoms with Crippen LogP contribution >= 0.6 is 0 Å². The Morgan fingerprint density at radius 1 is 0.931 bits per heavy atom. The zero-order chi connectivity index (χ0) is 19.8. The minimum Gasteiger partial charge on any atom is -0.356 e. The second-order valence-electron chi connectivity index (χ2n) is 7.25. The van der Waals surface area contributed by atoms with Crippen LogP contribution in [0.5, 0.6) is 0 Å². The summed E-state index contributed by atoms with van der Waals surface area (Å²) < 4.78 is 34.0. The minimum atomic E-state index is -3.63. The lowest BCUT2D eigenvalue weighted by Crippen LogP contribution is -2.41. The van der Waals surface area contributed by atoms with Crippen molar-refractivity contribution in [2.24, 2.45) is 0 Å². The van der Waals surface area contributed by atoms with Gasteiger partial charge in [-0.1, -0.05) is 71.9 Å². The molecule has 0 saturated heterocycles. The van der Waals surface area contributed by atoms with Gasteiger partial charge in [0.15, 0.2) is 5.58 Å². The van der Waals surface area contributed by atoms with E-state index in [0.29, 0.717) is 24.2 Å². The van der Waals surface area contributed by atoms with Crippen LogP contribution in [0, 0.1) is 0 Å². The normalized spacial score (nSPS) is 17.3. The summed E-state index contributed by atoms with van der Waals surface area (Å²) in [6.45, 7) is 0.439. The average Bonchev–Trinajstić information content (AvgIpc) is 3.16. The van der Waals surface area contributed by atoms with Gasteiger partial charge in [0.25, 0.3) is 0 Å². The molecule has 0 spiro atoms. The van der Waals surface area contributed by atoms with Crippen LogP contribution < -0.4 is 0 Å². The highest BCUT2D eigenvalue weighted by Crippen LogP contribution is 2.37. The third-order valence-corrected chi connectivity index (χ3v) is 7.23. The molecule has 0 radical (unpaired) electrons. The Morgan fingerprint density at radius 3 is 2.52 bits per heavy atom. The molecule has 1 atom stereocenters. The maximum Gasteiger partial charge on any atom is 0.220 e. The molecule has 5 nitrogen and oxygen atoms in total. The Hall–Kier alpha value is -2.96. The van der Waals surface area contributed by atoms with Crippen molar-refractivity contribution in [3.05, 3.63) is 101 Å². The smallest absolute Gasteiger partial charge is 0.220 e. The zero-order valence-corrected chi connectivity index (χ0v) is 16.5. The molecule has 0 fully saturated rings. The predicted octanol–water partition coefficient (Wildman–Crippen LogP) is 4.31. The summed E-state index contributed by atoms with van der Waals surface area (Å²) in [6, 6.07) is 24.9. The van der Waals surface area contributed by atoms with E-state index in [0.717, 1.165) is 16.5 Å². The Morgan fingerprint density at radius 2 is 1.66 bits per heavy atom. The van der Waals surface area contributed by atoms with Gasteiger partial charge in [0.1, 0.15) is 11.4 Å². The molecule has 6 heteroatoms. The molecular weight excluding hydrogens is 384 g/mol. The number of nitrogens with zero attached hydrogens (tertiary/aromatic N) is 2. The molecule has 0 saturated carbocycles. The quantitative estimate of drug-likeness (QED) is 0.509. The van der Waals surface area contributed by atoms with Crippen molar-refractivity contribution in [1.82, 2.24) is 9.46 Å². The topological polar surface area (TPSA) is 63.4 Å². The minimum absolute atomic E-state index is 0.185. The maximum absolute atomic E-state index is 13.5. The molecule has 4 aromatic rings. The molecule has 5 rings (SSSR count). The first-order valence-corrected chi connectivity index (χ1v) is 11.2. The number of fused-ring (bicyclic) bond motifs is 2. The van der Waals surface area contributed by atoms with Gasteiger partial charge in [0.05, 0.1) is 6.04 Å². The standard InChI is InChI=1S/C23H20N2O3S/c26-29(27,16-21-20-12-6-7-13-22(20)28-24-21)25-15-14-17-8-4-5-11-19(17)23(25)18-9-2-1-3-10-18/h1-13,23H,14-16H2/t23-/m0/s1. The largest absolute Gasteiger partial charge is 0.356 e. The van der Waals surface area contributed by atoms with Crippen LogP contribution in [0.3, 0.4) is 0 Å². The van der Waals surface area contributed by atoms with Gasteiger partial charge >= 0.3 is 0 Å². The van der Waals surface area contributed by atoms with Crippen molar-refractivity contribution >= 4 is 21.0 Å². The Kier molecular flexibility index (Phi) is 4.45.